The van der Waals surface area contributed by atoms with Gasteiger partial charge in [-0.05, 0) is 44.2 Å². The van der Waals surface area contributed by atoms with E-state index in [1.54, 1.807) is 26.0 Å². The topological polar surface area (TPSA) is 148 Å². The molecule has 0 unspecified atom stereocenters. The van der Waals surface area contributed by atoms with E-state index in [0.29, 0.717) is 29.6 Å². The van der Waals surface area contributed by atoms with Crippen LogP contribution in [0.5, 0.6) is 0 Å². The Morgan fingerprint density at radius 3 is 2.42 bits per heavy atom. The average molecular weight is 627 g/mol. The Bertz CT molecular complexity index is 1510. The van der Waals surface area contributed by atoms with E-state index in [0.717, 1.165) is 0 Å². The quantitative estimate of drug-likeness (QED) is 0.273. The fourth-order valence-electron chi connectivity index (χ4n) is 9.94. The van der Waals surface area contributed by atoms with Crippen LogP contribution in [-0.4, -0.2) is 59.7 Å². The first-order chi connectivity index (χ1) is 21.0. The molecular weight excluding hydrogens is 584 g/mol. The smallest absolute Gasteiger partial charge is 0.333 e. The predicted octanol–water partition coefficient (Wildman–Crippen LogP) is 4.34. The second kappa shape index (κ2) is 10.0. The number of rotatable bonds is 6. The van der Waals surface area contributed by atoms with E-state index in [2.05, 4.69) is 0 Å². The van der Waals surface area contributed by atoms with Crippen LogP contribution in [-0.2, 0) is 42.9 Å². The molecule has 11 heteroatoms. The standard InChI is InChI=1S/C34H42O11/c1-9-17(2)29(38)44-27-25-28(42-18(3)35)33-20(32(7,34(25,39)45-33)21(30(27,4)5)14-23(36)40-8)10-12-31(6)22(33)15-24(37)43-26(31)19-11-13-41-16-19/h9,11,13,15-16,20-21,25-28,39H,10,12,14H2,1-8H3/b17-9+/t20-,21+,25-,26+,27-,28-,31-,32-,33-,34+/m1/s1. The highest BCUT2D eigenvalue weighted by atomic mass is 16.7. The number of esters is 4. The second-order valence-corrected chi connectivity index (χ2v) is 14.3. The van der Waals surface area contributed by atoms with E-state index in [-0.39, 0.29) is 6.42 Å². The fraction of sp³-hybridized carbons (Fsp3) is 0.647. The summed E-state index contributed by atoms with van der Waals surface area (Å²) in [5.41, 5.74) is -2.85. The van der Waals surface area contributed by atoms with Crippen molar-refractivity contribution in [2.45, 2.75) is 97.4 Å². The number of aliphatic hydroxyl groups is 1. The lowest BCUT2D eigenvalue weighted by atomic mass is 9.37. The van der Waals surface area contributed by atoms with Crippen molar-refractivity contribution >= 4 is 23.9 Å². The maximum absolute atomic E-state index is 13.4. The minimum Gasteiger partial charge on any atom is -0.472 e. The van der Waals surface area contributed by atoms with Crippen molar-refractivity contribution in [2.24, 2.45) is 34.0 Å². The molecular formula is C34H42O11. The molecule has 2 saturated carbocycles. The lowest BCUT2D eigenvalue weighted by Gasteiger charge is -2.66. The summed E-state index contributed by atoms with van der Waals surface area (Å²) in [6.07, 6.45) is 4.06. The van der Waals surface area contributed by atoms with Gasteiger partial charge in [0.1, 0.15) is 23.9 Å². The number of hydrogen-bond donors (Lipinski definition) is 1. The molecule has 2 saturated heterocycles. The molecule has 0 aromatic carbocycles. The van der Waals surface area contributed by atoms with E-state index in [1.165, 1.54) is 32.6 Å². The lowest BCUT2D eigenvalue weighted by Crippen LogP contribution is -2.76. The van der Waals surface area contributed by atoms with Gasteiger partial charge in [0.2, 0.25) is 0 Å². The van der Waals surface area contributed by atoms with Gasteiger partial charge in [0.15, 0.2) is 5.79 Å². The number of allylic oxidation sites excluding steroid dienone is 1. The molecule has 1 aromatic rings. The molecule has 2 aliphatic carbocycles. The van der Waals surface area contributed by atoms with E-state index in [4.69, 9.17) is 28.1 Å². The molecule has 3 aliphatic heterocycles. The molecule has 6 rings (SSSR count). The van der Waals surface area contributed by atoms with Gasteiger partial charge in [-0.3, -0.25) is 9.59 Å². The third kappa shape index (κ3) is 3.89. The zero-order chi connectivity index (χ0) is 32.9. The van der Waals surface area contributed by atoms with E-state index in [9.17, 15) is 24.3 Å². The van der Waals surface area contributed by atoms with Crippen LogP contribution in [0.3, 0.4) is 0 Å². The third-order valence-electron chi connectivity index (χ3n) is 12.0. The van der Waals surface area contributed by atoms with Gasteiger partial charge in [0, 0.05) is 52.7 Å². The molecule has 45 heavy (non-hydrogen) atoms. The molecule has 0 amide bonds. The van der Waals surface area contributed by atoms with Crippen molar-refractivity contribution in [3.05, 3.63) is 47.5 Å². The number of carbonyl (C=O) groups excluding carboxylic acids is 4. The summed E-state index contributed by atoms with van der Waals surface area (Å²) in [6.45, 7) is 12.3. The van der Waals surface area contributed by atoms with Crippen LogP contribution >= 0.6 is 0 Å². The molecule has 1 N–H and O–H groups in total. The number of carbonyl (C=O) groups is 4. The van der Waals surface area contributed by atoms with Crippen molar-refractivity contribution in [3.8, 4) is 0 Å². The van der Waals surface area contributed by atoms with Gasteiger partial charge in [-0.15, -0.1) is 0 Å². The van der Waals surface area contributed by atoms with Crippen LogP contribution in [0.1, 0.15) is 79.4 Å². The molecule has 1 aromatic heterocycles. The van der Waals surface area contributed by atoms with Gasteiger partial charge in [-0.25, -0.2) is 9.59 Å². The van der Waals surface area contributed by atoms with E-state index < -0.39 is 87.6 Å². The number of fused-ring (bicyclic) bond motifs is 2. The van der Waals surface area contributed by atoms with E-state index in [1.807, 2.05) is 27.7 Å². The molecule has 1 spiro atoms. The van der Waals surface area contributed by atoms with Crippen LogP contribution in [0.15, 0.2) is 46.3 Å². The number of furan rings is 1. The van der Waals surface area contributed by atoms with Crippen LogP contribution in [0.2, 0.25) is 0 Å². The fourth-order valence-corrected chi connectivity index (χ4v) is 9.94. The molecule has 10 atom stereocenters. The van der Waals surface area contributed by atoms with Crippen LogP contribution in [0.4, 0.5) is 0 Å². The van der Waals surface area contributed by atoms with Crippen LogP contribution in [0, 0.1) is 34.0 Å². The summed E-state index contributed by atoms with van der Waals surface area (Å²) in [7, 11) is 1.31. The van der Waals surface area contributed by atoms with Crippen LogP contribution < -0.4 is 0 Å². The zero-order valence-corrected chi connectivity index (χ0v) is 27.0. The normalized spacial score (nSPS) is 42.6. The van der Waals surface area contributed by atoms with Crippen molar-refractivity contribution < 1.29 is 52.4 Å². The first-order valence-electron chi connectivity index (χ1n) is 15.5. The largest absolute Gasteiger partial charge is 0.472 e. The minimum atomic E-state index is -2.03. The molecule has 4 fully saturated rings. The van der Waals surface area contributed by atoms with Gasteiger partial charge in [0.25, 0.3) is 0 Å². The molecule has 5 aliphatic rings. The predicted molar refractivity (Wildman–Crippen MR) is 156 cm³/mol. The molecule has 2 bridgehead atoms. The Hall–Kier alpha value is -3.44. The first kappa shape index (κ1) is 31.5. The molecule has 0 radical (unpaired) electrons. The Morgan fingerprint density at radius 1 is 1.11 bits per heavy atom. The summed E-state index contributed by atoms with van der Waals surface area (Å²) in [4.78, 5) is 52.6. The van der Waals surface area contributed by atoms with E-state index >= 15 is 0 Å². The average Bonchev–Trinajstić information content (AvgIpc) is 3.64. The number of ether oxygens (including phenoxy) is 5. The maximum Gasteiger partial charge on any atom is 0.333 e. The minimum absolute atomic E-state index is 0.0874. The summed E-state index contributed by atoms with van der Waals surface area (Å²) in [6, 6.07) is 1.74. The summed E-state index contributed by atoms with van der Waals surface area (Å²) in [5.74, 6) is -6.52. The molecule has 4 heterocycles. The van der Waals surface area contributed by atoms with Crippen molar-refractivity contribution in [1.29, 1.82) is 0 Å². The SMILES string of the molecule is C/C=C(\C)C(=O)O[C@@H]1[C@@H]2[C@@H](OC(C)=O)[C@@]34O[C@]2(O)[C@@](C)([C@@H](CC(=O)OC)C1(C)C)[C@H]3CC[C@]1(C)C4=CC(=O)O[C@H]1c1ccoc1. The first-order valence-corrected chi connectivity index (χ1v) is 15.5. The van der Waals surface area contributed by atoms with Crippen molar-refractivity contribution in [2.75, 3.05) is 7.11 Å². The Balaban J connectivity index is 1.62. The highest BCUT2D eigenvalue weighted by molar-refractivity contribution is 5.88. The summed E-state index contributed by atoms with van der Waals surface area (Å²) < 4.78 is 35.7. The van der Waals surface area contributed by atoms with Gasteiger partial charge in [-0.2, -0.15) is 0 Å². The Labute approximate surface area is 262 Å². The van der Waals surface area contributed by atoms with Gasteiger partial charge in [0.05, 0.1) is 25.6 Å². The van der Waals surface area contributed by atoms with Gasteiger partial charge < -0.3 is 33.2 Å². The monoisotopic (exact) mass is 626 g/mol. The molecule has 244 valence electrons. The van der Waals surface area contributed by atoms with Gasteiger partial charge in [-0.1, -0.05) is 33.8 Å². The Kier molecular flexibility index (Phi) is 7.03. The Morgan fingerprint density at radius 2 is 1.82 bits per heavy atom. The summed E-state index contributed by atoms with van der Waals surface area (Å²) in [5, 5.41) is 13.0. The van der Waals surface area contributed by atoms with Crippen molar-refractivity contribution in [3.63, 3.8) is 0 Å². The van der Waals surface area contributed by atoms with Gasteiger partial charge >= 0.3 is 23.9 Å². The highest BCUT2D eigenvalue weighted by Gasteiger charge is 2.90. The summed E-state index contributed by atoms with van der Waals surface area (Å²) >= 11 is 0. The highest BCUT2D eigenvalue weighted by Crippen LogP contribution is 2.81. The lowest BCUT2D eigenvalue weighted by molar-refractivity contribution is -0.325. The van der Waals surface area contributed by atoms with Crippen molar-refractivity contribution in [1.82, 2.24) is 0 Å². The third-order valence-corrected chi connectivity index (χ3v) is 12.0. The number of hydrogen-bond acceptors (Lipinski definition) is 11. The van der Waals surface area contributed by atoms with Crippen LogP contribution in [0.25, 0.3) is 0 Å². The maximum atomic E-state index is 13.4. The number of methoxy groups -OCH3 is 1. The molecule has 11 nitrogen and oxygen atoms in total. The zero-order valence-electron chi connectivity index (χ0n) is 27.0. The second-order valence-electron chi connectivity index (χ2n) is 14.3. The number of cyclic esters (lactones) is 1.